The molecule has 8 heteroatoms. The fraction of sp³-hybridized carbons (Fsp3) is 0. The van der Waals surface area contributed by atoms with Gasteiger partial charge in [0.05, 0.1) is 30.1 Å². The highest BCUT2D eigenvalue weighted by atomic mass is 35.5. The normalized spacial score (nSPS) is 13.7. The van der Waals surface area contributed by atoms with E-state index < -0.39 is 0 Å². The number of halogens is 6. The summed E-state index contributed by atoms with van der Waals surface area (Å²) in [6.07, 6.45) is 0. The Labute approximate surface area is 141 Å². The van der Waals surface area contributed by atoms with E-state index in [0.717, 1.165) is 15.2 Å². The third-order valence-corrected chi connectivity index (χ3v) is 7.88. The lowest BCUT2D eigenvalue weighted by Crippen LogP contribution is -1.86. The van der Waals surface area contributed by atoms with Crippen molar-refractivity contribution < 1.29 is 0 Å². The van der Waals surface area contributed by atoms with Crippen LogP contribution in [0.5, 0.6) is 0 Å². The molecule has 0 radical (unpaired) electrons. The summed E-state index contributed by atoms with van der Waals surface area (Å²) < 4.78 is 0. The molecular weight excluding hydrogens is 397 g/mol. The Morgan fingerprint density at radius 3 is 1.22 bits per heavy atom. The van der Waals surface area contributed by atoms with Gasteiger partial charge in [0.1, 0.15) is 0 Å². The van der Waals surface area contributed by atoms with Crippen molar-refractivity contribution in [2.75, 3.05) is 0 Å². The molecule has 0 spiro atoms. The van der Waals surface area contributed by atoms with Gasteiger partial charge >= 0.3 is 0 Å². The van der Waals surface area contributed by atoms with E-state index in [1.807, 2.05) is 0 Å². The maximum atomic E-state index is 6.21. The van der Waals surface area contributed by atoms with Gasteiger partial charge in [-0.2, -0.15) is 0 Å². The molecule has 0 unspecified atom stereocenters. The first-order valence-electron chi connectivity index (χ1n) is 4.46. The van der Waals surface area contributed by atoms with Crippen molar-refractivity contribution in [2.24, 2.45) is 0 Å². The Bertz CT molecular complexity index is 655. The molecule has 94 valence electrons. The van der Waals surface area contributed by atoms with Gasteiger partial charge in [0, 0.05) is 20.6 Å². The standard InChI is InChI=1S/C10Cl6S2/c11-3-1-2-9(7(15)5(3)13)17-18-10(2)8(16)6(14)4(1)12. The molecule has 2 aromatic carbocycles. The zero-order valence-electron chi connectivity index (χ0n) is 8.08. The largest absolute Gasteiger partial charge is 0.0819 e. The minimum absolute atomic E-state index is 0.280. The molecule has 0 fully saturated rings. The van der Waals surface area contributed by atoms with E-state index in [-0.39, 0.29) is 10.0 Å². The highest BCUT2D eigenvalue weighted by Gasteiger charge is 2.29. The van der Waals surface area contributed by atoms with Crippen LogP contribution in [-0.2, 0) is 0 Å². The van der Waals surface area contributed by atoms with Crippen molar-refractivity contribution in [3.63, 3.8) is 0 Å². The van der Waals surface area contributed by atoms with E-state index in [9.17, 15) is 0 Å². The molecule has 3 rings (SSSR count). The molecule has 0 saturated heterocycles. The molecule has 0 saturated carbocycles. The maximum Gasteiger partial charge on any atom is 0.0797 e. The van der Waals surface area contributed by atoms with E-state index in [0.29, 0.717) is 25.5 Å². The van der Waals surface area contributed by atoms with Crippen molar-refractivity contribution in [3.8, 4) is 0 Å². The summed E-state index contributed by atoms with van der Waals surface area (Å²) in [7, 11) is 2.93. The second-order valence-corrected chi connectivity index (χ2v) is 7.88. The van der Waals surface area contributed by atoms with Crippen LogP contribution in [0.3, 0.4) is 0 Å². The van der Waals surface area contributed by atoms with Crippen molar-refractivity contribution in [2.45, 2.75) is 9.79 Å². The van der Waals surface area contributed by atoms with Crippen LogP contribution in [0.2, 0.25) is 30.1 Å². The van der Waals surface area contributed by atoms with Crippen LogP contribution in [0.15, 0.2) is 9.79 Å². The lowest BCUT2D eigenvalue weighted by Gasteiger charge is -2.11. The molecule has 1 aliphatic heterocycles. The predicted octanol–water partition coefficient (Wildman–Crippen LogP) is 7.87. The molecule has 0 nitrogen and oxygen atoms in total. The molecular formula is C10Cl6S2. The van der Waals surface area contributed by atoms with Gasteiger partial charge in [-0.3, -0.25) is 0 Å². The molecule has 0 N–H and O–H groups in total. The van der Waals surface area contributed by atoms with Gasteiger partial charge in [0.25, 0.3) is 0 Å². The second-order valence-electron chi connectivity index (χ2n) is 3.46. The minimum Gasteiger partial charge on any atom is -0.0819 e. The molecule has 0 amide bonds. The fourth-order valence-corrected chi connectivity index (χ4v) is 6.46. The van der Waals surface area contributed by atoms with Crippen LogP contribution in [0, 0.1) is 0 Å². The maximum absolute atomic E-state index is 6.21. The van der Waals surface area contributed by atoms with Crippen molar-refractivity contribution in [3.05, 3.63) is 30.1 Å². The van der Waals surface area contributed by atoms with Gasteiger partial charge in [0.2, 0.25) is 0 Å². The van der Waals surface area contributed by atoms with Gasteiger partial charge in [-0.1, -0.05) is 91.2 Å². The summed E-state index contributed by atoms with van der Waals surface area (Å²) in [4.78, 5) is 1.64. The first-order valence-corrected chi connectivity index (χ1v) is 8.88. The number of hydrogen-bond acceptors (Lipinski definition) is 2. The molecule has 0 bridgehead atoms. The highest BCUT2D eigenvalue weighted by Crippen LogP contribution is 2.62. The van der Waals surface area contributed by atoms with Gasteiger partial charge in [-0.15, -0.1) is 0 Å². The Balaban J connectivity index is 2.67. The Morgan fingerprint density at radius 2 is 0.833 bits per heavy atom. The molecule has 0 aliphatic carbocycles. The molecule has 1 heterocycles. The van der Waals surface area contributed by atoms with Gasteiger partial charge < -0.3 is 0 Å². The van der Waals surface area contributed by atoms with Crippen LogP contribution < -0.4 is 0 Å². The minimum atomic E-state index is 0.280. The van der Waals surface area contributed by atoms with Crippen LogP contribution in [0.4, 0.5) is 0 Å². The summed E-state index contributed by atoms with van der Waals surface area (Å²) >= 11 is 37.0. The van der Waals surface area contributed by atoms with Crippen LogP contribution in [0.1, 0.15) is 0 Å². The van der Waals surface area contributed by atoms with Gasteiger partial charge in [0.15, 0.2) is 0 Å². The average molecular weight is 397 g/mol. The van der Waals surface area contributed by atoms with E-state index >= 15 is 0 Å². The Morgan fingerprint density at radius 1 is 0.444 bits per heavy atom. The summed E-state index contributed by atoms with van der Waals surface area (Å²) in [6, 6.07) is 0. The quantitative estimate of drug-likeness (QED) is 0.328. The Kier molecular flexibility index (Phi) is 3.80. The van der Waals surface area contributed by atoms with Crippen LogP contribution >= 0.6 is 91.2 Å². The van der Waals surface area contributed by atoms with E-state index in [2.05, 4.69) is 0 Å². The van der Waals surface area contributed by atoms with E-state index in [1.54, 1.807) is 0 Å². The number of hydrogen-bond donors (Lipinski definition) is 0. The average Bonchev–Trinajstić information content (AvgIpc) is 2.78. The summed E-state index contributed by atoms with van der Waals surface area (Å²) in [5.41, 5.74) is 0. The molecule has 0 atom stereocenters. The first kappa shape index (κ1) is 14.1. The topological polar surface area (TPSA) is 0 Å². The molecule has 1 aliphatic rings. The van der Waals surface area contributed by atoms with E-state index in [1.165, 1.54) is 21.6 Å². The number of rotatable bonds is 0. The molecule has 18 heavy (non-hydrogen) atoms. The summed E-state index contributed by atoms with van der Waals surface area (Å²) in [5.74, 6) is 0. The van der Waals surface area contributed by atoms with Crippen molar-refractivity contribution in [1.82, 2.24) is 0 Å². The molecule has 0 aromatic heterocycles. The molecule has 2 aromatic rings. The third kappa shape index (κ3) is 1.78. The first-order chi connectivity index (χ1) is 8.45. The fourth-order valence-electron chi connectivity index (χ4n) is 1.72. The third-order valence-electron chi connectivity index (χ3n) is 2.52. The zero-order valence-corrected chi connectivity index (χ0v) is 14.3. The predicted molar refractivity (Wildman–Crippen MR) is 85.7 cm³/mol. The summed E-state index contributed by atoms with van der Waals surface area (Å²) in [5, 5.41) is 3.42. The smallest absolute Gasteiger partial charge is 0.0797 e. The van der Waals surface area contributed by atoms with Crippen molar-refractivity contribution >= 4 is 102 Å². The lowest BCUT2D eigenvalue weighted by molar-refractivity contribution is 1.47. The monoisotopic (exact) mass is 394 g/mol. The van der Waals surface area contributed by atoms with Gasteiger partial charge in [-0.05, 0) is 0 Å². The van der Waals surface area contributed by atoms with Crippen LogP contribution in [0.25, 0.3) is 10.8 Å². The SMILES string of the molecule is Clc1c(Cl)c2c3c(c(Cl)c(Cl)c(Cl)c3c1Cl)SS2. The Hall–Kier alpha value is 1.14. The van der Waals surface area contributed by atoms with E-state index in [4.69, 9.17) is 69.6 Å². The highest BCUT2D eigenvalue weighted by molar-refractivity contribution is 8.77. The zero-order chi connectivity index (χ0) is 13.2. The second kappa shape index (κ2) is 4.85. The number of benzene rings is 2. The lowest BCUT2D eigenvalue weighted by atomic mass is 10.1. The van der Waals surface area contributed by atoms with Crippen LogP contribution in [-0.4, -0.2) is 0 Å². The van der Waals surface area contributed by atoms with Crippen molar-refractivity contribution in [1.29, 1.82) is 0 Å². The summed E-state index contributed by atoms with van der Waals surface area (Å²) in [6.45, 7) is 0. The van der Waals surface area contributed by atoms with Gasteiger partial charge in [-0.25, -0.2) is 0 Å².